The van der Waals surface area contributed by atoms with Gasteiger partial charge in [0.1, 0.15) is 6.54 Å². The Hall–Kier alpha value is -2.60. The van der Waals surface area contributed by atoms with Gasteiger partial charge in [0.05, 0.1) is 6.07 Å². The maximum atomic E-state index is 12.8. The minimum atomic E-state index is -0.0696. The summed E-state index contributed by atoms with van der Waals surface area (Å²) in [6.07, 6.45) is 4.11. The van der Waals surface area contributed by atoms with E-state index in [2.05, 4.69) is 68.6 Å². The molecule has 2 unspecified atom stereocenters. The van der Waals surface area contributed by atoms with Gasteiger partial charge in [0.15, 0.2) is 0 Å². The molecule has 3 heteroatoms. The molecule has 0 aliphatic heterocycles. The molecule has 0 radical (unpaired) electrons. The van der Waals surface area contributed by atoms with Crippen LogP contribution in [-0.2, 0) is 10.2 Å². The van der Waals surface area contributed by atoms with E-state index in [4.69, 9.17) is 5.26 Å². The van der Waals surface area contributed by atoms with E-state index < -0.39 is 0 Å². The van der Waals surface area contributed by atoms with Crippen LogP contribution in [0.1, 0.15) is 63.5 Å². The van der Waals surface area contributed by atoms with Crippen LogP contribution in [0.5, 0.6) is 0 Å². The van der Waals surface area contributed by atoms with Crippen molar-refractivity contribution in [3.63, 3.8) is 0 Å². The molecule has 3 rings (SSSR count). The Kier molecular flexibility index (Phi) is 6.19. The molecule has 1 aliphatic rings. The van der Waals surface area contributed by atoms with Crippen molar-refractivity contribution < 1.29 is 4.79 Å². The molecule has 1 aliphatic carbocycles. The van der Waals surface area contributed by atoms with Crippen molar-refractivity contribution >= 4 is 5.91 Å². The molecule has 2 atom stereocenters. The first-order valence-electron chi connectivity index (χ1n) is 10.3. The Morgan fingerprint density at radius 3 is 2.50 bits per heavy atom. The van der Waals surface area contributed by atoms with Gasteiger partial charge < -0.3 is 5.32 Å². The van der Waals surface area contributed by atoms with Gasteiger partial charge in [0, 0.05) is 5.92 Å². The number of carbonyl (C=O) groups excluding carboxylic acids is 1. The third-order valence-corrected chi connectivity index (χ3v) is 5.85. The summed E-state index contributed by atoms with van der Waals surface area (Å²) >= 11 is 0. The summed E-state index contributed by atoms with van der Waals surface area (Å²) < 4.78 is 0. The molecule has 0 aromatic heterocycles. The normalized spacial score (nSPS) is 19.6. The van der Waals surface area contributed by atoms with E-state index in [-0.39, 0.29) is 29.7 Å². The Labute approximate surface area is 168 Å². The van der Waals surface area contributed by atoms with Crippen LogP contribution in [0.3, 0.4) is 0 Å². The lowest BCUT2D eigenvalue weighted by molar-refractivity contribution is -0.126. The quantitative estimate of drug-likeness (QED) is 0.712. The zero-order chi connectivity index (χ0) is 20.1. The van der Waals surface area contributed by atoms with Crippen molar-refractivity contribution in [1.29, 1.82) is 5.26 Å². The van der Waals surface area contributed by atoms with E-state index in [1.165, 1.54) is 22.3 Å². The summed E-state index contributed by atoms with van der Waals surface area (Å²) in [5, 5.41) is 11.7. The number of nitrogens with one attached hydrogen (secondary N) is 1. The van der Waals surface area contributed by atoms with Gasteiger partial charge in [-0.2, -0.15) is 5.26 Å². The maximum absolute atomic E-state index is 12.8. The highest BCUT2D eigenvalue weighted by atomic mass is 16.1. The first-order chi connectivity index (χ1) is 13.4. The van der Waals surface area contributed by atoms with Gasteiger partial charge in [-0.1, -0.05) is 82.1 Å². The number of rotatable bonds is 4. The highest BCUT2D eigenvalue weighted by Crippen LogP contribution is 2.43. The van der Waals surface area contributed by atoms with Crippen LogP contribution in [-0.4, -0.2) is 12.5 Å². The smallest absolute Gasteiger partial charge is 0.224 e. The van der Waals surface area contributed by atoms with Crippen LogP contribution >= 0.6 is 0 Å². The highest BCUT2D eigenvalue weighted by molar-refractivity contribution is 5.81. The predicted octanol–water partition coefficient (Wildman–Crippen LogP) is 5.56. The molecule has 1 N–H and O–H groups in total. The third kappa shape index (κ3) is 4.44. The summed E-state index contributed by atoms with van der Waals surface area (Å²) in [5.41, 5.74) is 5.04. The molecule has 0 spiro atoms. The van der Waals surface area contributed by atoms with Gasteiger partial charge in [-0.15, -0.1) is 0 Å². The van der Waals surface area contributed by atoms with E-state index in [0.29, 0.717) is 0 Å². The van der Waals surface area contributed by atoms with Gasteiger partial charge >= 0.3 is 0 Å². The van der Waals surface area contributed by atoms with Crippen LogP contribution in [0.15, 0.2) is 48.5 Å². The Bertz CT molecular complexity index is 858. The summed E-state index contributed by atoms with van der Waals surface area (Å²) in [6.45, 7) is 6.76. The van der Waals surface area contributed by atoms with E-state index in [9.17, 15) is 4.79 Å². The van der Waals surface area contributed by atoms with Crippen molar-refractivity contribution in [2.45, 2.75) is 57.8 Å². The van der Waals surface area contributed by atoms with Gasteiger partial charge in [0.2, 0.25) is 5.91 Å². The second-order valence-electron chi connectivity index (χ2n) is 8.79. The van der Waals surface area contributed by atoms with Gasteiger partial charge in [-0.05, 0) is 46.4 Å². The third-order valence-electron chi connectivity index (χ3n) is 5.85. The van der Waals surface area contributed by atoms with Crippen LogP contribution in [0.2, 0.25) is 0 Å². The SMILES string of the molecule is CC(C)(C)c1ccc(-c2ccccc2)c(C2CCCCC2C(=O)NCC#N)c1. The van der Waals surface area contributed by atoms with Crippen molar-refractivity contribution in [2.24, 2.45) is 5.92 Å². The van der Waals surface area contributed by atoms with Crippen molar-refractivity contribution in [3.05, 3.63) is 59.7 Å². The minimum Gasteiger partial charge on any atom is -0.343 e. The lowest BCUT2D eigenvalue weighted by Gasteiger charge is -2.33. The molecule has 1 fully saturated rings. The lowest BCUT2D eigenvalue weighted by atomic mass is 9.71. The predicted molar refractivity (Wildman–Crippen MR) is 114 cm³/mol. The molecule has 146 valence electrons. The topological polar surface area (TPSA) is 52.9 Å². The summed E-state index contributed by atoms with van der Waals surface area (Å²) in [6, 6.07) is 19.2. The standard InChI is InChI=1S/C25H30N2O/c1-25(2,3)19-13-14-20(18-9-5-4-6-10-18)23(17-19)21-11-7-8-12-22(21)24(28)27-16-15-26/h4-6,9-10,13-14,17,21-22H,7-8,11-12,16H2,1-3H3,(H,27,28). The van der Waals surface area contributed by atoms with Crippen LogP contribution in [0, 0.1) is 17.2 Å². The highest BCUT2D eigenvalue weighted by Gasteiger charge is 2.34. The number of carbonyl (C=O) groups is 1. The van der Waals surface area contributed by atoms with E-state index in [1.807, 2.05) is 12.1 Å². The van der Waals surface area contributed by atoms with Gasteiger partial charge in [-0.25, -0.2) is 0 Å². The Balaban J connectivity index is 2.08. The zero-order valence-corrected chi connectivity index (χ0v) is 17.2. The number of benzene rings is 2. The number of hydrogen-bond acceptors (Lipinski definition) is 2. The first-order valence-corrected chi connectivity index (χ1v) is 10.3. The molecule has 3 nitrogen and oxygen atoms in total. The monoisotopic (exact) mass is 374 g/mol. The lowest BCUT2D eigenvalue weighted by Crippen LogP contribution is -2.36. The molecule has 0 bridgehead atoms. The number of amides is 1. The van der Waals surface area contributed by atoms with E-state index >= 15 is 0 Å². The molecule has 1 amide bonds. The Morgan fingerprint density at radius 1 is 1.11 bits per heavy atom. The van der Waals surface area contributed by atoms with Crippen LogP contribution in [0.25, 0.3) is 11.1 Å². The molecule has 2 aromatic rings. The first kappa shape index (κ1) is 20.1. The molecule has 0 saturated heterocycles. The van der Waals surface area contributed by atoms with E-state index in [1.54, 1.807) is 0 Å². The van der Waals surface area contributed by atoms with Crippen molar-refractivity contribution in [2.75, 3.05) is 6.54 Å². The summed E-state index contributed by atoms with van der Waals surface area (Å²) in [7, 11) is 0. The number of nitriles is 1. The molecule has 2 aromatic carbocycles. The maximum Gasteiger partial charge on any atom is 0.224 e. The average molecular weight is 375 g/mol. The molecule has 1 saturated carbocycles. The summed E-state index contributed by atoms with van der Waals surface area (Å²) in [5.74, 6) is 0.135. The van der Waals surface area contributed by atoms with Gasteiger partial charge in [0.25, 0.3) is 0 Å². The fraction of sp³-hybridized carbons (Fsp3) is 0.440. The fourth-order valence-electron chi connectivity index (χ4n) is 4.29. The second-order valence-corrected chi connectivity index (χ2v) is 8.79. The van der Waals surface area contributed by atoms with Crippen molar-refractivity contribution in [3.8, 4) is 17.2 Å². The summed E-state index contributed by atoms with van der Waals surface area (Å²) in [4.78, 5) is 12.8. The molecular formula is C25H30N2O. The van der Waals surface area contributed by atoms with E-state index in [0.717, 1.165) is 25.7 Å². The van der Waals surface area contributed by atoms with Crippen LogP contribution in [0.4, 0.5) is 0 Å². The number of hydrogen-bond donors (Lipinski definition) is 1. The number of nitrogens with zero attached hydrogens (tertiary/aromatic N) is 1. The molecule has 28 heavy (non-hydrogen) atoms. The average Bonchev–Trinajstić information content (AvgIpc) is 2.71. The zero-order valence-electron chi connectivity index (χ0n) is 17.2. The van der Waals surface area contributed by atoms with Crippen molar-refractivity contribution in [1.82, 2.24) is 5.32 Å². The molecular weight excluding hydrogens is 344 g/mol. The fourth-order valence-corrected chi connectivity index (χ4v) is 4.29. The Morgan fingerprint density at radius 2 is 1.82 bits per heavy atom. The largest absolute Gasteiger partial charge is 0.343 e. The van der Waals surface area contributed by atoms with Gasteiger partial charge in [-0.3, -0.25) is 4.79 Å². The second kappa shape index (κ2) is 8.61. The minimum absolute atomic E-state index is 0.0198. The molecule has 0 heterocycles. The van der Waals surface area contributed by atoms with Crippen LogP contribution < -0.4 is 5.32 Å².